The van der Waals surface area contributed by atoms with Crippen LogP contribution in [0.1, 0.15) is 39.0 Å². The molecular weight excluding hydrogens is 202 g/mol. The van der Waals surface area contributed by atoms with Gasteiger partial charge in [0.2, 0.25) is 0 Å². The molecule has 92 valence electrons. The third-order valence-electron chi connectivity index (χ3n) is 3.68. The lowest BCUT2D eigenvalue weighted by molar-refractivity contribution is -0.130. The Bertz CT molecular complexity index is 238. The topological polar surface area (TPSA) is 44.4 Å². The maximum atomic E-state index is 12.1. The summed E-state index contributed by atoms with van der Waals surface area (Å²) in [5.74, 6) is 0.618. The van der Waals surface area contributed by atoms with E-state index in [4.69, 9.17) is 0 Å². The standard InChI is InChI=1S/C12H23N3O/c1-10-6-5-7-13-11(10)12(16)14-15-8-3-2-4-9-15/h10-11,13H,2-9H2,1H3,(H,14,16). The van der Waals surface area contributed by atoms with E-state index in [9.17, 15) is 4.79 Å². The highest BCUT2D eigenvalue weighted by molar-refractivity contribution is 5.81. The Kier molecular flexibility index (Phi) is 4.18. The molecule has 0 bridgehead atoms. The highest BCUT2D eigenvalue weighted by atomic mass is 16.2. The van der Waals surface area contributed by atoms with Gasteiger partial charge >= 0.3 is 0 Å². The summed E-state index contributed by atoms with van der Waals surface area (Å²) in [5.41, 5.74) is 3.05. The third-order valence-corrected chi connectivity index (χ3v) is 3.68. The molecule has 0 aromatic carbocycles. The van der Waals surface area contributed by atoms with Crippen molar-refractivity contribution < 1.29 is 4.79 Å². The monoisotopic (exact) mass is 225 g/mol. The molecule has 2 rings (SSSR count). The first-order valence-corrected chi connectivity index (χ1v) is 6.56. The smallest absolute Gasteiger partial charge is 0.251 e. The number of hydrogen-bond acceptors (Lipinski definition) is 3. The lowest BCUT2D eigenvalue weighted by Crippen LogP contribution is -2.56. The number of hydrogen-bond donors (Lipinski definition) is 2. The molecule has 2 fully saturated rings. The van der Waals surface area contributed by atoms with E-state index in [0.29, 0.717) is 5.92 Å². The van der Waals surface area contributed by atoms with Crippen LogP contribution in [0.4, 0.5) is 0 Å². The van der Waals surface area contributed by atoms with Gasteiger partial charge in [-0.15, -0.1) is 0 Å². The number of carbonyl (C=O) groups excluding carboxylic acids is 1. The lowest BCUT2D eigenvalue weighted by Gasteiger charge is -2.33. The fourth-order valence-electron chi connectivity index (χ4n) is 2.63. The maximum absolute atomic E-state index is 12.1. The molecule has 0 aromatic rings. The number of amides is 1. The van der Waals surface area contributed by atoms with E-state index >= 15 is 0 Å². The van der Waals surface area contributed by atoms with Gasteiger partial charge in [0, 0.05) is 13.1 Å². The molecule has 2 N–H and O–H groups in total. The number of nitrogens with zero attached hydrogens (tertiary/aromatic N) is 1. The first kappa shape index (κ1) is 11.9. The molecule has 4 heteroatoms. The Balaban J connectivity index is 1.81. The fraction of sp³-hybridized carbons (Fsp3) is 0.917. The largest absolute Gasteiger partial charge is 0.306 e. The minimum atomic E-state index is 0.00989. The molecule has 1 amide bonds. The van der Waals surface area contributed by atoms with Crippen LogP contribution in [0.3, 0.4) is 0 Å². The second kappa shape index (κ2) is 5.64. The van der Waals surface area contributed by atoms with Gasteiger partial charge in [-0.3, -0.25) is 10.2 Å². The van der Waals surface area contributed by atoms with Crippen molar-refractivity contribution in [3.63, 3.8) is 0 Å². The molecular formula is C12H23N3O. The van der Waals surface area contributed by atoms with Crippen LogP contribution >= 0.6 is 0 Å². The predicted molar refractivity (Wildman–Crippen MR) is 63.8 cm³/mol. The fourth-order valence-corrected chi connectivity index (χ4v) is 2.63. The van der Waals surface area contributed by atoms with Gasteiger partial charge in [0.1, 0.15) is 0 Å². The SMILES string of the molecule is CC1CCCNC1C(=O)NN1CCCCC1. The van der Waals surface area contributed by atoms with Crippen molar-refractivity contribution in [1.29, 1.82) is 0 Å². The van der Waals surface area contributed by atoms with Gasteiger partial charge in [-0.2, -0.15) is 0 Å². The van der Waals surface area contributed by atoms with Gasteiger partial charge < -0.3 is 5.32 Å². The van der Waals surface area contributed by atoms with Gasteiger partial charge in [0.25, 0.3) is 5.91 Å². The number of carbonyl (C=O) groups is 1. The number of hydrazine groups is 1. The first-order valence-electron chi connectivity index (χ1n) is 6.56. The van der Waals surface area contributed by atoms with Crippen LogP contribution in [0.2, 0.25) is 0 Å². The lowest BCUT2D eigenvalue weighted by atomic mass is 9.92. The molecule has 0 radical (unpaired) electrons. The molecule has 2 unspecified atom stereocenters. The van der Waals surface area contributed by atoms with E-state index in [1.54, 1.807) is 0 Å². The van der Waals surface area contributed by atoms with Crippen molar-refractivity contribution in [3.05, 3.63) is 0 Å². The molecule has 0 aromatic heterocycles. The maximum Gasteiger partial charge on any atom is 0.251 e. The first-order chi connectivity index (χ1) is 7.77. The van der Waals surface area contributed by atoms with Crippen LogP contribution in [-0.2, 0) is 4.79 Å². The highest BCUT2D eigenvalue weighted by Crippen LogP contribution is 2.16. The predicted octanol–water partition coefficient (Wildman–Crippen LogP) is 0.892. The van der Waals surface area contributed by atoms with Crippen molar-refractivity contribution in [2.24, 2.45) is 5.92 Å². The summed E-state index contributed by atoms with van der Waals surface area (Å²) in [5, 5.41) is 5.40. The average Bonchev–Trinajstić information content (AvgIpc) is 2.31. The van der Waals surface area contributed by atoms with Crippen LogP contribution in [0, 0.1) is 5.92 Å². The summed E-state index contributed by atoms with van der Waals surface area (Å²) < 4.78 is 0. The van der Waals surface area contributed by atoms with Crippen LogP contribution < -0.4 is 10.7 Å². The highest BCUT2D eigenvalue weighted by Gasteiger charge is 2.28. The zero-order chi connectivity index (χ0) is 11.4. The molecule has 0 saturated carbocycles. The zero-order valence-electron chi connectivity index (χ0n) is 10.2. The number of rotatable bonds is 2. The van der Waals surface area contributed by atoms with Crippen molar-refractivity contribution in [2.45, 2.75) is 45.1 Å². The summed E-state index contributed by atoms with van der Waals surface area (Å²) in [6.07, 6.45) is 6.05. The molecule has 16 heavy (non-hydrogen) atoms. The van der Waals surface area contributed by atoms with Crippen molar-refractivity contribution in [2.75, 3.05) is 19.6 Å². The second-order valence-electron chi connectivity index (χ2n) is 5.08. The third kappa shape index (κ3) is 2.95. The minimum absolute atomic E-state index is 0.00989. The van der Waals surface area contributed by atoms with Crippen LogP contribution in [0.25, 0.3) is 0 Å². The average molecular weight is 225 g/mol. The van der Waals surface area contributed by atoms with Crippen LogP contribution in [0.5, 0.6) is 0 Å². The molecule has 2 atom stereocenters. The zero-order valence-corrected chi connectivity index (χ0v) is 10.2. The van der Waals surface area contributed by atoms with Gasteiger partial charge in [-0.1, -0.05) is 13.3 Å². The van der Waals surface area contributed by atoms with Gasteiger partial charge in [-0.25, -0.2) is 5.01 Å². The van der Waals surface area contributed by atoms with Gasteiger partial charge in [0.15, 0.2) is 0 Å². The van der Waals surface area contributed by atoms with E-state index in [2.05, 4.69) is 22.7 Å². The summed E-state index contributed by atoms with van der Waals surface area (Å²) >= 11 is 0. The van der Waals surface area contributed by atoms with E-state index in [1.807, 2.05) is 0 Å². The Labute approximate surface area is 97.7 Å². The number of nitrogens with one attached hydrogen (secondary N) is 2. The van der Waals surface area contributed by atoms with Crippen LogP contribution in [-0.4, -0.2) is 36.6 Å². The molecule has 2 saturated heterocycles. The van der Waals surface area contributed by atoms with Crippen LogP contribution in [0.15, 0.2) is 0 Å². The van der Waals surface area contributed by atoms with E-state index in [1.165, 1.54) is 25.7 Å². The van der Waals surface area contributed by atoms with E-state index < -0.39 is 0 Å². The van der Waals surface area contributed by atoms with Crippen molar-refractivity contribution in [1.82, 2.24) is 15.8 Å². The summed E-state index contributed by atoms with van der Waals surface area (Å²) in [4.78, 5) is 12.1. The Morgan fingerprint density at radius 3 is 2.69 bits per heavy atom. The molecule has 2 heterocycles. The Hall–Kier alpha value is -0.610. The Morgan fingerprint density at radius 1 is 1.25 bits per heavy atom. The number of piperidine rings is 2. The van der Waals surface area contributed by atoms with E-state index in [0.717, 1.165) is 26.1 Å². The van der Waals surface area contributed by atoms with Gasteiger partial charge in [-0.05, 0) is 38.1 Å². The molecule has 4 nitrogen and oxygen atoms in total. The summed E-state index contributed by atoms with van der Waals surface area (Å²) in [6, 6.07) is 0.00989. The summed E-state index contributed by atoms with van der Waals surface area (Å²) in [7, 11) is 0. The summed E-state index contributed by atoms with van der Waals surface area (Å²) in [6.45, 7) is 5.15. The molecule has 2 aliphatic rings. The minimum Gasteiger partial charge on any atom is -0.306 e. The molecule has 0 aliphatic carbocycles. The van der Waals surface area contributed by atoms with Crippen molar-refractivity contribution >= 4 is 5.91 Å². The normalized spacial score (nSPS) is 32.3. The second-order valence-corrected chi connectivity index (χ2v) is 5.08. The van der Waals surface area contributed by atoms with E-state index in [-0.39, 0.29) is 11.9 Å². The molecule has 2 aliphatic heterocycles. The quantitative estimate of drug-likeness (QED) is 0.733. The Morgan fingerprint density at radius 2 is 2.00 bits per heavy atom. The molecule has 0 spiro atoms. The van der Waals surface area contributed by atoms with Crippen molar-refractivity contribution in [3.8, 4) is 0 Å². The van der Waals surface area contributed by atoms with Gasteiger partial charge in [0.05, 0.1) is 6.04 Å².